The van der Waals surface area contributed by atoms with Crippen LogP contribution in [0.2, 0.25) is 0 Å². The van der Waals surface area contributed by atoms with Crippen LogP contribution >= 0.6 is 0 Å². The van der Waals surface area contributed by atoms with Crippen molar-refractivity contribution in [3.63, 3.8) is 0 Å². The Bertz CT molecular complexity index is 313. The van der Waals surface area contributed by atoms with Crippen LogP contribution in [0.1, 0.15) is 31.4 Å². The van der Waals surface area contributed by atoms with Gasteiger partial charge in [0.25, 0.3) is 0 Å². The highest BCUT2D eigenvalue weighted by Crippen LogP contribution is 2.15. The lowest BCUT2D eigenvalue weighted by Crippen LogP contribution is -1.96. The Kier molecular flexibility index (Phi) is 4.41. The first-order valence-electron chi connectivity index (χ1n) is 5.24. The summed E-state index contributed by atoms with van der Waals surface area (Å²) in [5.74, 6) is 0. The minimum absolute atomic E-state index is 0.727. The number of allylic oxidation sites excluding steroid dienone is 1. The van der Waals surface area contributed by atoms with Crippen molar-refractivity contribution >= 4 is 5.57 Å². The molecule has 0 spiro atoms. The number of benzene rings is 1. The van der Waals surface area contributed by atoms with Crippen LogP contribution in [0.3, 0.4) is 0 Å². The Morgan fingerprint density at radius 2 is 2.21 bits per heavy atom. The first-order chi connectivity index (χ1) is 6.77. The summed E-state index contributed by atoms with van der Waals surface area (Å²) >= 11 is 0. The molecule has 0 saturated carbocycles. The maximum atomic E-state index is 5.47. The average molecular weight is 189 g/mol. The van der Waals surface area contributed by atoms with Crippen molar-refractivity contribution in [2.24, 2.45) is 5.73 Å². The van der Waals surface area contributed by atoms with E-state index in [4.69, 9.17) is 5.73 Å². The van der Waals surface area contributed by atoms with Crippen LogP contribution < -0.4 is 5.73 Å². The van der Waals surface area contributed by atoms with E-state index in [1.807, 2.05) is 0 Å². The molecule has 0 aromatic heterocycles. The van der Waals surface area contributed by atoms with E-state index in [2.05, 4.69) is 44.2 Å². The summed E-state index contributed by atoms with van der Waals surface area (Å²) < 4.78 is 0. The fraction of sp³-hybridized carbons (Fsp3) is 0.385. The third kappa shape index (κ3) is 3.00. The molecule has 1 nitrogen and oxygen atoms in total. The molecule has 0 atom stereocenters. The maximum absolute atomic E-state index is 5.47. The molecule has 0 aliphatic carbocycles. The fourth-order valence-electron chi connectivity index (χ4n) is 1.45. The van der Waals surface area contributed by atoms with Crippen LogP contribution in [0.25, 0.3) is 5.57 Å². The van der Waals surface area contributed by atoms with Gasteiger partial charge in [-0.1, -0.05) is 37.3 Å². The molecular weight excluding hydrogens is 170 g/mol. The topological polar surface area (TPSA) is 26.0 Å². The molecule has 0 aliphatic heterocycles. The van der Waals surface area contributed by atoms with Gasteiger partial charge in [-0.15, -0.1) is 0 Å². The van der Waals surface area contributed by atoms with Crippen molar-refractivity contribution in [3.8, 4) is 0 Å². The van der Waals surface area contributed by atoms with Crippen molar-refractivity contribution in [1.29, 1.82) is 0 Å². The molecule has 0 saturated heterocycles. The minimum Gasteiger partial charge on any atom is -0.330 e. The average Bonchev–Trinajstić information content (AvgIpc) is 2.26. The molecule has 1 aromatic carbocycles. The zero-order valence-corrected chi connectivity index (χ0v) is 9.09. The predicted molar refractivity (Wildman–Crippen MR) is 63.1 cm³/mol. The normalized spacial score (nSPS) is 11.8. The molecule has 2 N–H and O–H groups in total. The second-order valence-electron chi connectivity index (χ2n) is 3.52. The van der Waals surface area contributed by atoms with E-state index in [0.717, 1.165) is 19.4 Å². The van der Waals surface area contributed by atoms with Crippen molar-refractivity contribution in [2.45, 2.75) is 26.7 Å². The summed E-state index contributed by atoms with van der Waals surface area (Å²) in [6.07, 6.45) is 4.26. The van der Waals surface area contributed by atoms with E-state index >= 15 is 0 Å². The minimum atomic E-state index is 0.727. The van der Waals surface area contributed by atoms with Crippen molar-refractivity contribution in [2.75, 3.05) is 6.54 Å². The van der Waals surface area contributed by atoms with Gasteiger partial charge in [-0.05, 0) is 43.0 Å². The molecule has 1 aromatic rings. The lowest BCUT2D eigenvalue weighted by Gasteiger charge is -2.03. The summed E-state index contributed by atoms with van der Waals surface area (Å²) in [6.45, 7) is 5.05. The van der Waals surface area contributed by atoms with Crippen molar-refractivity contribution < 1.29 is 0 Å². The summed E-state index contributed by atoms with van der Waals surface area (Å²) in [7, 11) is 0. The Balaban J connectivity index is 2.84. The lowest BCUT2D eigenvalue weighted by molar-refractivity contribution is 1.01. The van der Waals surface area contributed by atoms with Gasteiger partial charge in [0.05, 0.1) is 0 Å². The Labute approximate surface area is 86.6 Å². The Hall–Kier alpha value is -1.08. The van der Waals surface area contributed by atoms with Crippen LogP contribution in [-0.2, 0) is 6.42 Å². The highest BCUT2D eigenvalue weighted by molar-refractivity contribution is 5.64. The van der Waals surface area contributed by atoms with Gasteiger partial charge in [0.15, 0.2) is 0 Å². The van der Waals surface area contributed by atoms with Gasteiger partial charge in [0, 0.05) is 0 Å². The van der Waals surface area contributed by atoms with E-state index < -0.39 is 0 Å². The molecule has 1 heteroatoms. The summed E-state index contributed by atoms with van der Waals surface area (Å²) in [4.78, 5) is 0. The van der Waals surface area contributed by atoms with E-state index in [-0.39, 0.29) is 0 Å². The Morgan fingerprint density at radius 1 is 1.43 bits per heavy atom. The van der Waals surface area contributed by atoms with Gasteiger partial charge in [-0.25, -0.2) is 0 Å². The first-order valence-corrected chi connectivity index (χ1v) is 5.24. The van der Waals surface area contributed by atoms with E-state index in [1.54, 1.807) is 0 Å². The quantitative estimate of drug-likeness (QED) is 0.774. The summed E-state index contributed by atoms with van der Waals surface area (Å²) in [5, 5.41) is 0. The standard InChI is InChI=1S/C13H19N/c1-3-12-7-4-8-13(10-12)11(2)6-5-9-14/h4,6-8,10H,3,5,9,14H2,1-2H3/b11-6+. The number of nitrogens with two attached hydrogens (primary N) is 1. The Morgan fingerprint density at radius 3 is 2.86 bits per heavy atom. The highest BCUT2D eigenvalue weighted by Gasteiger charge is 1.95. The highest BCUT2D eigenvalue weighted by atomic mass is 14.5. The molecule has 0 fully saturated rings. The van der Waals surface area contributed by atoms with Gasteiger partial charge in [0.2, 0.25) is 0 Å². The molecule has 0 unspecified atom stereocenters. The molecule has 0 bridgehead atoms. The largest absolute Gasteiger partial charge is 0.330 e. The van der Waals surface area contributed by atoms with Gasteiger partial charge < -0.3 is 5.73 Å². The fourth-order valence-corrected chi connectivity index (χ4v) is 1.45. The number of hydrogen-bond donors (Lipinski definition) is 1. The number of rotatable bonds is 4. The van der Waals surface area contributed by atoms with Gasteiger partial charge >= 0.3 is 0 Å². The van der Waals surface area contributed by atoms with Gasteiger partial charge in [-0.3, -0.25) is 0 Å². The van der Waals surface area contributed by atoms with Crippen molar-refractivity contribution in [3.05, 3.63) is 41.5 Å². The van der Waals surface area contributed by atoms with Crippen LogP contribution in [0.4, 0.5) is 0 Å². The van der Waals surface area contributed by atoms with Gasteiger partial charge in [0.1, 0.15) is 0 Å². The molecule has 14 heavy (non-hydrogen) atoms. The lowest BCUT2D eigenvalue weighted by atomic mass is 10.0. The smallest absolute Gasteiger partial charge is 0.00424 e. The first kappa shape index (κ1) is 11.0. The van der Waals surface area contributed by atoms with Gasteiger partial charge in [-0.2, -0.15) is 0 Å². The molecule has 1 rings (SSSR count). The number of aryl methyl sites for hydroxylation is 1. The second-order valence-corrected chi connectivity index (χ2v) is 3.52. The predicted octanol–water partition coefficient (Wildman–Crippen LogP) is 3.00. The third-order valence-corrected chi connectivity index (χ3v) is 2.41. The van der Waals surface area contributed by atoms with Crippen LogP contribution in [-0.4, -0.2) is 6.54 Å². The molecule has 0 aliphatic rings. The summed E-state index contributed by atoms with van der Waals surface area (Å²) in [5.41, 5.74) is 9.50. The van der Waals surface area contributed by atoms with Crippen LogP contribution in [0.5, 0.6) is 0 Å². The SMILES string of the molecule is CCc1cccc(/C(C)=C/CCN)c1. The van der Waals surface area contributed by atoms with Crippen LogP contribution in [0, 0.1) is 0 Å². The zero-order chi connectivity index (χ0) is 10.4. The van der Waals surface area contributed by atoms with E-state index in [1.165, 1.54) is 16.7 Å². The molecule has 0 heterocycles. The van der Waals surface area contributed by atoms with E-state index in [9.17, 15) is 0 Å². The van der Waals surface area contributed by atoms with Crippen LogP contribution in [0.15, 0.2) is 30.3 Å². The van der Waals surface area contributed by atoms with E-state index in [0.29, 0.717) is 0 Å². The summed E-state index contributed by atoms with van der Waals surface area (Å²) in [6, 6.07) is 8.69. The third-order valence-electron chi connectivity index (χ3n) is 2.41. The molecule has 76 valence electrons. The zero-order valence-electron chi connectivity index (χ0n) is 9.09. The van der Waals surface area contributed by atoms with Crippen molar-refractivity contribution in [1.82, 2.24) is 0 Å². The molecule has 0 amide bonds. The number of hydrogen-bond acceptors (Lipinski definition) is 1. The molecular formula is C13H19N. The second kappa shape index (κ2) is 5.61. The maximum Gasteiger partial charge on any atom is -0.00424 e. The molecule has 0 radical (unpaired) electrons. The monoisotopic (exact) mass is 189 g/mol.